The maximum Gasteiger partial charge on any atom is 0.410 e. The van der Waals surface area contributed by atoms with Gasteiger partial charge in [-0.1, -0.05) is 0 Å². The third-order valence-corrected chi connectivity index (χ3v) is 4.10. The summed E-state index contributed by atoms with van der Waals surface area (Å²) in [6.07, 6.45) is 1.19. The van der Waals surface area contributed by atoms with Gasteiger partial charge in [0.05, 0.1) is 4.92 Å². The second-order valence-corrected chi connectivity index (χ2v) is 6.86. The molecule has 0 saturated carbocycles. The van der Waals surface area contributed by atoms with Gasteiger partial charge in [-0.15, -0.1) is 0 Å². The number of ether oxygens (including phenoxy) is 1. The van der Waals surface area contributed by atoms with Crippen LogP contribution in [-0.4, -0.2) is 46.1 Å². The number of rotatable bonds is 3. The van der Waals surface area contributed by atoms with Gasteiger partial charge in [0.1, 0.15) is 11.8 Å². The number of carbonyl (C=O) groups is 2. The largest absolute Gasteiger partial charge is 0.444 e. The van der Waals surface area contributed by atoms with E-state index in [0.29, 0.717) is 25.9 Å². The molecule has 0 aromatic carbocycles. The number of hydrogen-bond acceptors (Lipinski definition) is 7. The molecule has 10 heteroatoms. The smallest absolute Gasteiger partial charge is 0.410 e. The van der Waals surface area contributed by atoms with E-state index < -0.39 is 39.7 Å². The van der Waals surface area contributed by atoms with Crippen LogP contribution >= 0.6 is 0 Å². The average Bonchev–Trinajstić information content (AvgIpc) is 2.91. The third-order valence-electron chi connectivity index (χ3n) is 4.10. The van der Waals surface area contributed by atoms with Gasteiger partial charge in [-0.05, 0) is 33.6 Å². The predicted octanol–water partition coefficient (Wildman–Crippen LogP) is 1.44. The summed E-state index contributed by atoms with van der Waals surface area (Å²) >= 11 is 0. The van der Waals surface area contributed by atoms with Gasteiger partial charge in [-0.3, -0.25) is 14.9 Å². The van der Waals surface area contributed by atoms with E-state index in [1.165, 1.54) is 4.90 Å². The van der Waals surface area contributed by atoms with Crippen LogP contribution in [0.5, 0.6) is 0 Å². The molecular formula is C14H21N5O5. The molecule has 2 N–H and O–H groups in total. The van der Waals surface area contributed by atoms with E-state index in [1.807, 2.05) is 0 Å². The average molecular weight is 339 g/mol. The number of hydrogen-bond donors (Lipinski definition) is 1. The second-order valence-electron chi connectivity index (χ2n) is 6.86. The summed E-state index contributed by atoms with van der Waals surface area (Å²) in [6, 6.07) is 0. The maximum atomic E-state index is 12.1. The Hall–Kier alpha value is -2.52. The van der Waals surface area contributed by atoms with Crippen LogP contribution in [-0.2, 0) is 9.53 Å². The van der Waals surface area contributed by atoms with E-state index in [0.717, 1.165) is 6.20 Å². The van der Waals surface area contributed by atoms with Gasteiger partial charge in [-0.25, -0.2) is 4.79 Å². The Bertz CT molecular complexity index is 616. The number of nitrogens with two attached hydrogens (primary N) is 1. The molecule has 0 aliphatic carbocycles. The lowest BCUT2D eigenvalue weighted by Gasteiger charge is -2.37. The highest BCUT2D eigenvalue weighted by Gasteiger charge is 2.58. The first kappa shape index (κ1) is 17.8. The van der Waals surface area contributed by atoms with Crippen LogP contribution in [0, 0.1) is 16.0 Å². The number of likely N-dealkylation sites (tertiary alicyclic amines) is 1. The predicted molar refractivity (Wildman–Crippen MR) is 82.4 cm³/mol. The molecule has 24 heavy (non-hydrogen) atoms. The summed E-state index contributed by atoms with van der Waals surface area (Å²) in [5.74, 6) is -1.39. The third kappa shape index (κ3) is 3.22. The molecule has 2 rings (SSSR count). The first-order valence-electron chi connectivity index (χ1n) is 7.63. The number of piperidine rings is 1. The zero-order valence-corrected chi connectivity index (χ0v) is 13.9. The van der Waals surface area contributed by atoms with Crippen LogP contribution in [0.1, 0.15) is 33.6 Å². The molecule has 0 bridgehead atoms. The van der Waals surface area contributed by atoms with Crippen molar-refractivity contribution in [1.29, 1.82) is 0 Å². The highest BCUT2D eigenvalue weighted by molar-refractivity contribution is 5.89. The van der Waals surface area contributed by atoms with E-state index in [-0.39, 0.29) is 0 Å². The first-order chi connectivity index (χ1) is 11.1. The van der Waals surface area contributed by atoms with E-state index in [9.17, 15) is 19.7 Å². The molecule has 1 saturated heterocycles. The van der Waals surface area contributed by atoms with Gasteiger partial charge in [0.2, 0.25) is 0 Å². The lowest BCUT2D eigenvalue weighted by atomic mass is 9.76. The van der Waals surface area contributed by atoms with Crippen LogP contribution in [0.3, 0.4) is 0 Å². The molecule has 0 radical (unpaired) electrons. The number of nitro groups is 1. The van der Waals surface area contributed by atoms with Crippen molar-refractivity contribution in [2.45, 2.75) is 44.8 Å². The summed E-state index contributed by atoms with van der Waals surface area (Å²) in [4.78, 5) is 36.1. The van der Waals surface area contributed by atoms with Crippen molar-refractivity contribution >= 4 is 12.0 Å². The van der Waals surface area contributed by atoms with Gasteiger partial charge in [0, 0.05) is 19.0 Å². The number of nitrogens with zero attached hydrogens (tertiary/aromatic N) is 4. The number of amides is 2. The van der Waals surface area contributed by atoms with Crippen LogP contribution in [0.25, 0.3) is 0 Å². The zero-order chi connectivity index (χ0) is 18.1. The normalized spacial score (nSPS) is 24.6. The summed E-state index contributed by atoms with van der Waals surface area (Å²) in [6.45, 7) is 5.91. The lowest BCUT2D eigenvalue weighted by molar-refractivity contribution is -0.433. The Morgan fingerprint density at radius 1 is 1.42 bits per heavy atom. The molecule has 0 aromatic heterocycles. The van der Waals surface area contributed by atoms with Crippen molar-refractivity contribution in [1.82, 2.24) is 4.90 Å². The second kappa shape index (κ2) is 6.17. The van der Waals surface area contributed by atoms with Crippen molar-refractivity contribution in [2.24, 2.45) is 21.9 Å². The monoisotopic (exact) mass is 339 g/mol. The van der Waals surface area contributed by atoms with Crippen molar-refractivity contribution in [3.63, 3.8) is 0 Å². The first-order valence-corrected chi connectivity index (χ1v) is 7.63. The number of carbonyl (C=O) groups excluding carboxylic acids is 2. The van der Waals surface area contributed by atoms with Crippen molar-refractivity contribution < 1.29 is 19.2 Å². The van der Waals surface area contributed by atoms with Crippen molar-refractivity contribution in [3.8, 4) is 0 Å². The molecule has 1 atom stereocenters. The summed E-state index contributed by atoms with van der Waals surface area (Å²) < 4.78 is 5.30. The molecule has 2 aliphatic rings. The molecule has 0 aromatic rings. The Morgan fingerprint density at radius 3 is 2.46 bits per heavy atom. The fourth-order valence-electron chi connectivity index (χ4n) is 2.98. The molecular weight excluding hydrogens is 318 g/mol. The minimum absolute atomic E-state index is 0.301. The lowest BCUT2D eigenvalue weighted by Crippen LogP contribution is -2.54. The van der Waals surface area contributed by atoms with E-state index in [1.54, 1.807) is 20.8 Å². The number of primary amides is 1. The molecule has 2 heterocycles. The van der Waals surface area contributed by atoms with Crippen molar-refractivity contribution in [2.75, 3.05) is 13.1 Å². The van der Waals surface area contributed by atoms with Gasteiger partial charge >= 0.3 is 11.8 Å². The molecule has 2 amide bonds. The minimum atomic E-state index is -1.76. The topological polar surface area (TPSA) is 140 Å². The maximum absolute atomic E-state index is 12.1. The van der Waals surface area contributed by atoms with Crippen LogP contribution in [0.15, 0.2) is 22.1 Å². The fraction of sp³-hybridized carbons (Fsp3) is 0.714. The Balaban J connectivity index is 2.12. The SMILES string of the molecule is CC(C)(C)OC(=O)N1CCC(C2(C(N)=O)N=NC=C2[N+](=O)[O-])CC1. The Kier molecular flexibility index (Phi) is 4.59. The van der Waals surface area contributed by atoms with Gasteiger partial charge in [0.25, 0.3) is 11.4 Å². The highest BCUT2D eigenvalue weighted by atomic mass is 16.6. The van der Waals surface area contributed by atoms with E-state index >= 15 is 0 Å². The van der Waals surface area contributed by atoms with E-state index in [4.69, 9.17) is 10.5 Å². The summed E-state index contributed by atoms with van der Waals surface area (Å²) in [5.41, 5.74) is 2.65. The summed E-state index contributed by atoms with van der Waals surface area (Å²) in [5, 5.41) is 18.6. The highest BCUT2D eigenvalue weighted by Crippen LogP contribution is 2.40. The van der Waals surface area contributed by atoms with E-state index in [2.05, 4.69) is 10.2 Å². The fourth-order valence-corrected chi connectivity index (χ4v) is 2.98. The molecule has 2 aliphatic heterocycles. The molecule has 10 nitrogen and oxygen atoms in total. The van der Waals surface area contributed by atoms with Crippen LogP contribution < -0.4 is 5.73 Å². The van der Waals surface area contributed by atoms with Crippen molar-refractivity contribution in [3.05, 3.63) is 22.0 Å². The molecule has 1 fully saturated rings. The molecule has 0 spiro atoms. The van der Waals surface area contributed by atoms with Crippen LogP contribution in [0.2, 0.25) is 0 Å². The minimum Gasteiger partial charge on any atom is -0.444 e. The summed E-state index contributed by atoms with van der Waals surface area (Å²) in [7, 11) is 0. The zero-order valence-electron chi connectivity index (χ0n) is 13.9. The molecule has 132 valence electrons. The van der Waals surface area contributed by atoms with Gasteiger partial charge < -0.3 is 15.4 Å². The van der Waals surface area contributed by atoms with Gasteiger partial charge in [-0.2, -0.15) is 10.2 Å². The Morgan fingerprint density at radius 2 is 2.00 bits per heavy atom. The Labute approximate surface area is 138 Å². The van der Waals surface area contributed by atoms with Crippen LogP contribution in [0.4, 0.5) is 4.79 Å². The molecule has 1 unspecified atom stereocenters. The van der Waals surface area contributed by atoms with Gasteiger partial charge in [0.15, 0.2) is 0 Å². The quantitative estimate of drug-likeness (QED) is 0.612. The standard InChI is InChI=1S/C14H21N5O5/c1-13(2,3)24-12(21)18-6-4-9(5-7-18)14(11(15)20)10(19(22)23)8-16-17-14/h8-9H,4-7H2,1-3H3,(H2,15,20). The number of azo groups is 1.